The van der Waals surface area contributed by atoms with E-state index >= 15 is 0 Å². The fourth-order valence-corrected chi connectivity index (χ4v) is 13.3. The molecule has 4 aromatic rings. The van der Waals surface area contributed by atoms with Crippen molar-refractivity contribution in [2.45, 2.75) is 88.4 Å². The lowest BCUT2D eigenvalue weighted by Crippen LogP contribution is -2.55. The van der Waals surface area contributed by atoms with Gasteiger partial charge in [-0.05, 0) is 98.6 Å². The summed E-state index contributed by atoms with van der Waals surface area (Å²) in [5.74, 6) is 1.47. The molecule has 4 atom stereocenters. The van der Waals surface area contributed by atoms with Crippen LogP contribution in [0, 0.1) is 5.92 Å². The molecule has 0 saturated carbocycles. The van der Waals surface area contributed by atoms with Gasteiger partial charge in [0.15, 0.2) is 0 Å². The normalized spacial score (nSPS) is 23.1. The lowest BCUT2D eigenvalue weighted by Gasteiger charge is -2.39. The van der Waals surface area contributed by atoms with Crippen molar-refractivity contribution in [3.05, 3.63) is 96.3 Å². The van der Waals surface area contributed by atoms with Crippen LogP contribution in [0.3, 0.4) is 0 Å². The molecular weight excluding hydrogens is 669 g/mol. The zero-order valence-electron chi connectivity index (χ0n) is 31.1. The van der Waals surface area contributed by atoms with Gasteiger partial charge in [-0.3, -0.25) is 14.4 Å². The average molecular weight is 723 g/mol. The van der Waals surface area contributed by atoms with Gasteiger partial charge >= 0.3 is 0 Å². The maximum atomic E-state index is 14.2. The number of nitrogens with zero attached hydrogens (tertiary/aromatic N) is 5. The summed E-state index contributed by atoms with van der Waals surface area (Å²) < 4.78 is 14.4. The first-order chi connectivity index (χ1) is 25.2. The zero-order valence-corrected chi connectivity index (χ0v) is 32.1. The predicted octanol–water partition coefficient (Wildman–Crippen LogP) is 5.17. The van der Waals surface area contributed by atoms with E-state index in [9.17, 15) is 9.90 Å². The van der Waals surface area contributed by atoms with Crippen molar-refractivity contribution in [2.75, 3.05) is 43.3 Å². The minimum absolute atomic E-state index is 0.0674. The van der Waals surface area contributed by atoms with Gasteiger partial charge in [0.25, 0.3) is 5.91 Å². The Morgan fingerprint density at radius 1 is 0.942 bits per heavy atom. The number of amides is 1. The number of hydrogen-bond donors (Lipinski definition) is 2. The van der Waals surface area contributed by atoms with Crippen LogP contribution in [0.15, 0.2) is 85.1 Å². The molecule has 3 aromatic carbocycles. The number of aryl methyl sites for hydroxylation is 2. The van der Waals surface area contributed by atoms with Gasteiger partial charge in [0, 0.05) is 37.1 Å². The van der Waals surface area contributed by atoms with Crippen LogP contribution in [0.4, 0.5) is 11.4 Å². The molecule has 2 N–H and O–H groups in total. The summed E-state index contributed by atoms with van der Waals surface area (Å²) in [5.41, 5.74) is 4.04. The van der Waals surface area contributed by atoms with E-state index in [0.29, 0.717) is 24.5 Å². The molecule has 3 aliphatic rings. The second-order valence-electron chi connectivity index (χ2n) is 15.4. The summed E-state index contributed by atoms with van der Waals surface area (Å²) in [6.45, 7) is 10.4. The molecule has 3 aliphatic heterocycles. The van der Waals surface area contributed by atoms with Gasteiger partial charge in [-0.25, -0.2) is 0 Å². The topological polar surface area (TPSA) is 105 Å². The number of aliphatic hydroxyl groups is 1. The van der Waals surface area contributed by atoms with Gasteiger partial charge in [0.05, 0.1) is 39.8 Å². The number of rotatable bonds is 13. The van der Waals surface area contributed by atoms with Crippen LogP contribution < -0.4 is 25.0 Å². The Kier molecular flexibility index (Phi) is 10.8. The number of nitrogens with one attached hydrogen (secondary N) is 1. The summed E-state index contributed by atoms with van der Waals surface area (Å²) >= 11 is 0. The third-order valence-electron chi connectivity index (χ3n) is 12.1. The molecule has 52 heavy (non-hydrogen) atoms. The second kappa shape index (κ2) is 15.5. The van der Waals surface area contributed by atoms with Gasteiger partial charge < -0.3 is 24.8 Å². The quantitative estimate of drug-likeness (QED) is 0.183. The number of anilines is 2. The highest BCUT2D eigenvalue weighted by Crippen LogP contribution is 2.47. The van der Waals surface area contributed by atoms with E-state index in [1.807, 2.05) is 21.8 Å². The van der Waals surface area contributed by atoms with E-state index in [1.54, 1.807) is 7.11 Å². The smallest absolute Gasteiger partial charge is 0.254 e. The van der Waals surface area contributed by atoms with Crippen molar-refractivity contribution in [1.29, 1.82) is 0 Å². The number of aromatic nitrogens is 3. The fraction of sp³-hybridized carbons (Fsp3) is 0.488. The van der Waals surface area contributed by atoms with Crippen LogP contribution >= 0.6 is 0 Å². The third-order valence-corrected chi connectivity index (χ3v) is 16.5. The highest BCUT2D eigenvalue weighted by atomic mass is 28.3. The van der Waals surface area contributed by atoms with Crippen molar-refractivity contribution in [2.24, 2.45) is 5.92 Å². The van der Waals surface area contributed by atoms with Gasteiger partial charge in [0.2, 0.25) is 0 Å². The SMILES string of the molecule is COc1ccc([Si](C)(C)[C@H]2[C@H](C)[C@H](CCc3ccc(N4CN(c5ccccc5)C5(CCNCC5)C4=O)cc3)O[C@@H]2CCn2cc(CCO)nn2)cc1. The molecule has 276 valence electrons. The van der Waals surface area contributed by atoms with E-state index in [1.165, 1.54) is 10.8 Å². The minimum atomic E-state index is -1.98. The van der Waals surface area contributed by atoms with E-state index in [2.05, 4.69) is 113 Å². The fourth-order valence-electron chi connectivity index (χ4n) is 9.17. The van der Waals surface area contributed by atoms with Crippen molar-refractivity contribution in [3.63, 3.8) is 0 Å². The number of carbonyl (C=O) groups is 1. The summed E-state index contributed by atoms with van der Waals surface area (Å²) in [6.07, 6.45) is 7.01. The highest BCUT2D eigenvalue weighted by Gasteiger charge is 2.53. The Morgan fingerprint density at radius 2 is 1.67 bits per heavy atom. The molecule has 1 aromatic heterocycles. The predicted molar refractivity (Wildman–Crippen MR) is 208 cm³/mol. The van der Waals surface area contributed by atoms with Crippen molar-refractivity contribution < 1.29 is 19.4 Å². The van der Waals surface area contributed by atoms with Gasteiger partial charge in [0.1, 0.15) is 11.3 Å². The van der Waals surface area contributed by atoms with Crippen LogP contribution in [0.5, 0.6) is 5.75 Å². The van der Waals surface area contributed by atoms with Crippen molar-refractivity contribution in [3.8, 4) is 5.75 Å². The lowest BCUT2D eigenvalue weighted by molar-refractivity contribution is -0.122. The Bertz CT molecular complexity index is 1780. The summed E-state index contributed by atoms with van der Waals surface area (Å²) in [4.78, 5) is 18.5. The summed E-state index contributed by atoms with van der Waals surface area (Å²) in [7, 11) is -0.272. The number of para-hydroxylation sites is 1. The Labute approximate surface area is 309 Å². The van der Waals surface area contributed by atoms with Gasteiger partial charge in [-0.1, -0.05) is 72.9 Å². The monoisotopic (exact) mass is 722 g/mol. The first-order valence-corrected chi connectivity index (χ1v) is 22.1. The average Bonchev–Trinajstić information content (AvgIpc) is 3.84. The van der Waals surface area contributed by atoms with Crippen LogP contribution in [0.1, 0.15) is 43.9 Å². The molecule has 10 nitrogen and oxygen atoms in total. The Hall–Kier alpha value is -4.03. The molecule has 1 amide bonds. The molecule has 0 unspecified atom stereocenters. The van der Waals surface area contributed by atoms with E-state index in [-0.39, 0.29) is 24.7 Å². The number of aliphatic hydroxyl groups excluding tert-OH is 1. The highest BCUT2D eigenvalue weighted by molar-refractivity contribution is 6.91. The number of carbonyl (C=O) groups excluding carboxylic acids is 1. The first-order valence-electron chi connectivity index (χ1n) is 19.0. The third kappa shape index (κ3) is 7.16. The molecular formula is C41H54N6O4Si. The number of piperidine rings is 1. The van der Waals surface area contributed by atoms with Crippen LogP contribution in [0.2, 0.25) is 18.6 Å². The molecule has 4 heterocycles. The maximum absolute atomic E-state index is 14.2. The maximum Gasteiger partial charge on any atom is 0.254 e. The van der Waals surface area contributed by atoms with Crippen LogP contribution in [-0.4, -0.2) is 85.3 Å². The zero-order chi connectivity index (χ0) is 36.3. The Morgan fingerprint density at radius 3 is 2.37 bits per heavy atom. The van der Waals surface area contributed by atoms with Gasteiger partial charge in [-0.15, -0.1) is 5.10 Å². The molecule has 0 radical (unpaired) electrons. The van der Waals surface area contributed by atoms with E-state index in [4.69, 9.17) is 9.47 Å². The molecule has 3 saturated heterocycles. The summed E-state index contributed by atoms with van der Waals surface area (Å²) in [6, 6.07) is 27.7. The molecule has 11 heteroatoms. The van der Waals surface area contributed by atoms with E-state index in [0.717, 1.165) is 74.6 Å². The molecule has 1 spiro atoms. The van der Waals surface area contributed by atoms with Crippen molar-refractivity contribution >= 4 is 30.5 Å². The molecule has 3 fully saturated rings. The van der Waals surface area contributed by atoms with Crippen molar-refractivity contribution in [1.82, 2.24) is 20.3 Å². The minimum Gasteiger partial charge on any atom is -0.497 e. The van der Waals surface area contributed by atoms with Crippen LogP contribution in [-0.2, 0) is 28.9 Å². The molecule has 0 aliphatic carbocycles. The number of benzene rings is 3. The lowest BCUT2D eigenvalue weighted by atomic mass is 9.86. The number of methoxy groups -OCH3 is 1. The molecule has 7 rings (SSSR count). The standard InChI is InChI=1S/C41H54N6O4Si/c1-30-37(51-38(20-26-45-28-32(21-27-48)43-44-45)39(30)52(3,4)36-17-15-35(50-2)16-18-36)19-12-31-10-13-33(14-11-31)46-29-47(34-8-6-5-7-9-34)41(40(46)49)22-24-42-25-23-41/h5-11,13-18,28,30,37-39,42,48H,12,19-27,29H2,1-4H3/t30-,37+,38-,39+/m1/s1. The number of hydrogen-bond acceptors (Lipinski definition) is 8. The second-order valence-corrected chi connectivity index (χ2v) is 20.1. The largest absolute Gasteiger partial charge is 0.497 e. The van der Waals surface area contributed by atoms with Crippen LogP contribution in [0.25, 0.3) is 0 Å². The van der Waals surface area contributed by atoms with Gasteiger partial charge in [-0.2, -0.15) is 0 Å². The Balaban J connectivity index is 1.05. The first kappa shape index (κ1) is 36.3. The molecule has 0 bridgehead atoms. The summed E-state index contributed by atoms with van der Waals surface area (Å²) in [5, 5.41) is 22.8. The van der Waals surface area contributed by atoms with E-state index < -0.39 is 13.6 Å². The number of ether oxygens (including phenoxy) is 2.